The molecule has 0 aromatic heterocycles. The molecule has 4 rings (SSSR count). The van der Waals surface area contributed by atoms with Gasteiger partial charge in [-0.3, -0.25) is 4.79 Å². The lowest BCUT2D eigenvalue weighted by Crippen LogP contribution is -2.49. The largest absolute Gasteiger partial charge is 0.492 e. The Labute approximate surface area is 161 Å². The topological polar surface area (TPSA) is 44.8 Å². The van der Waals surface area contributed by atoms with Gasteiger partial charge in [-0.15, -0.1) is 0 Å². The minimum atomic E-state index is 0.0812. The summed E-state index contributed by atoms with van der Waals surface area (Å²) >= 11 is 0. The second kappa shape index (κ2) is 6.86. The molecule has 0 saturated carbocycles. The first kappa shape index (κ1) is 18.4. The van der Waals surface area contributed by atoms with E-state index in [0.717, 1.165) is 53.8 Å². The molecule has 27 heavy (non-hydrogen) atoms. The van der Waals surface area contributed by atoms with Crippen LogP contribution in [0, 0.1) is 5.92 Å². The highest BCUT2D eigenvalue weighted by molar-refractivity contribution is 5.82. The standard InChI is InChI=1S/C22H30NO4/c1-14-5-7-15(8-6-14)18(24)12-17-20-16(9-10-23(17,2)3)11-19-21(22(20)25-4)27-13-26-19/h5,11,15,17H,6-10,12-13H2,1-4H3/q+1/t15-,17+/m0/s1. The van der Waals surface area contributed by atoms with Crippen molar-refractivity contribution < 1.29 is 23.5 Å². The van der Waals surface area contributed by atoms with Gasteiger partial charge in [-0.2, -0.15) is 0 Å². The van der Waals surface area contributed by atoms with Crippen molar-refractivity contribution in [1.29, 1.82) is 0 Å². The molecule has 0 amide bonds. The number of hydrogen-bond donors (Lipinski definition) is 0. The molecular weight excluding hydrogens is 342 g/mol. The molecule has 1 aliphatic carbocycles. The number of hydrogen-bond acceptors (Lipinski definition) is 4. The number of fused-ring (bicyclic) bond motifs is 2. The first-order chi connectivity index (χ1) is 12.9. The summed E-state index contributed by atoms with van der Waals surface area (Å²) in [6.45, 7) is 3.38. The molecule has 2 aliphatic heterocycles. The molecule has 0 spiro atoms. The predicted octanol–water partition coefficient (Wildman–Crippen LogP) is 3.80. The molecule has 0 bridgehead atoms. The van der Waals surface area contributed by atoms with Crippen molar-refractivity contribution in [2.75, 3.05) is 34.5 Å². The molecule has 5 heteroatoms. The number of carbonyl (C=O) groups excluding carboxylic acids is 1. The average Bonchev–Trinajstić information content (AvgIpc) is 3.11. The maximum Gasteiger partial charge on any atom is 0.231 e. The van der Waals surface area contributed by atoms with E-state index in [2.05, 4.69) is 33.2 Å². The molecule has 3 aliphatic rings. The molecule has 0 unspecified atom stereocenters. The van der Waals surface area contributed by atoms with Crippen LogP contribution >= 0.6 is 0 Å². The molecule has 2 atom stereocenters. The van der Waals surface area contributed by atoms with Crippen molar-refractivity contribution in [3.05, 3.63) is 28.8 Å². The second-order valence-corrected chi connectivity index (χ2v) is 8.68. The Kier molecular flexibility index (Phi) is 4.66. The van der Waals surface area contributed by atoms with Crippen LogP contribution in [0.5, 0.6) is 17.2 Å². The zero-order chi connectivity index (χ0) is 19.2. The third-order valence-corrected chi connectivity index (χ3v) is 6.57. The number of ketones is 1. The summed E-state index contributed by atoms with van der Waals surface area (Å²) in [5.41, 5.74) is 3.77. The van der Waals surface area contributed by atoms with Crippen molar-refractivity contribution in [3.8, 4) is 17.2 Å². The fraction of sp³-hybridized carbons (Fsp3) is 0.591. The van der Waals surface area contributed by atoms with Crippen LogP contribution in [0.15, 0.2) is 17.7 Å². The van der Waals surface area contributed by atoms with Crippen molar-refractivity contribution in [2.45, 2.75) is 45.1 Å². The molecule has 0 fully saturated rings. The van der Waals surface area contributed by atoms with E-state index in [1.165, 1.54) is 11.1 Å². The van der Waals surface area contributed by atoms with Gasteiger partial charge >= 0.3 is 0 Å². The summed E-state index contributed by atoms with van der Waals surface area (Å²) in [5.74, 6) is 2.73. The third kappa shape index (κ3) is 3.22. The molecule has 5 nitrogen and oxygen atoms in total. The van der Waals surface area contributed by atoms with E-state index in [9.17, 15) is 4.79 Å². The smallest absolute Gasteiger partial charge is 0.231 e. The number of Topliss-reactive ketones (excluding diaryl/α,β-unsaturated/α-hetero) is 1. The van der Waals surface area contributed by atoms with Gasteiger partial charge in [-0.1, -0.05) is 11.6 Å². The maximum absolute atomic E-state index is 13.2. The number of benzene rings is 1. The van der Waals surface area contributed by atoms with Crippen molar-refractivity contribution in [2.24, 2.45) is 5.92 Å². The zero-order valence-corrected chi connectivity index (χ0v) is 16.8. The SMILES string of the molecule is COc1c2c(cc3c1[C@@H](CC(=O)[C@H]1CC=C(C)CC1)[N+](C)(C)CC3)OCO2. The van der Waals surface area contributed by atoms with E-state index in [1.807, 2.05) is 0 Å². The highest BCUT2D eigenvalue weighted by Crippen LogP contribution is 2.51. The second-order valence-electron chi connectivity index (χ2n) is 8.68. The van der Waals surface area contributed by atoms with Gasteiger partial charge in [0.15, 0.2) is 11.5 Å². The summed E-state index contributed by atoms with van der Waals surface area (Å²) in [6, 6.07) is 2.17. The van der Waals surface area contributed by atoms with Gasteiger partial charge in [0.25, 0.3) is 0 Å². The number of carbonyl (C=O) groups is 1. The van der Waals surface area contributed by atoms with E-state index in [1.54, 1.807) is 7.11 Å². The van der Waals surface area contributed by atoms with Crippen LogP contribution in [0.4, 0.5) is 0 Å². The first-order valence-corrected chi connectivity index (χ1v) is 9.91. The van der Waals surface area contributed by atoms with Crippen LogP contribution in [0.25, 0.3) is 0 Å². The quantitative estimate of drug-likeness (QED) is 0.596. The molecule has 0 saturated heterocycles. The normalized spacial score (nSPS) is 25.6. The molecule has 1 aromatic carbocycles. The number of nitrogens with zero attached hydrogens (tertiary/aromatic N) is 1. The zero-order valence-electron chi connectivity index (χ0n) is 16.8. The van der Waals surface area contributed by atoms with Crippen LogP contribution in [0.1, 0.15) is 49.8 Å². The summed E-state index contributed by atoms with van der Waals surface area (Å²) in [6.07, 6.45) is 6.64. The van der Waals surface area contributed by atoms with Crippen LogP contribution in [0.2, 0.25) is 0 Å². The number of allylic oxidation sites excluding steroid dienone is 2. The van der Waals surface area contributed by atoms with Crippen molar-refractivity contribution in [1.82, 2.24) is 0 Å². The monoisotopic (exact) mass is 372 g/mol. The van der Waals surface area contributed by atoms with E-state index < -0.39 is 0 Å². The maximum atomic E-state index is 13.2. The summed E-state index contributed by atoms with van der Waals surface area (Å²) in [4.78, 5) is 13.2. The minimum absolute atomic E-state index is 0.0812. The fourth-order valence-corrected chi connectivity index (χ4v) is 4.73. The Hall–Kier alpha value is -2.01. The van der Waals surface area contributed by atoms with Crippen molar-refractivity contribution in [3.63, 3.8) is 0 Å². The van der Waals surface area contributed by atoms with Gasteiger partial charge in [0.1, 0.15) is 11.8 Å². The summed E-state index contributed by atoms with van der Waals surface area (Å²) in [7, 11) is 6.12. The Morgan fingerprint density at radius 2 is 2.11 bits per heavy atom. The Bertz CT molecular complexity index is 796. The van der Waals surface area contributed by atoms with Crippen LogP contribution < -0.4 is 14.2 Å². The highest BCUT2D eigenvalue weighted by Gasteiger charge is 2.43. The number of likely N-dealkylation sites (N-methyl/N-ethyl adjacent to an activating group) is 1. The van der Waals surface area contributed by atoms with Crippen molar-refractivity contribution >= 4 is 5.78 Å². The molecule has 0 radical (unpaired) electrons. The lowest BCUT2D eigenvalue weighted by Gasteiger charge is -2.43. The number of ether oxygens (including phenoxy) is 3. The third-order valence-electron chi connectivity index (χ3n) is 6.57. The minimum Gasteiger partial charge on any atom is -0.492 e. The first-order valence-electron chi connectivity index (χ1n) is 9.91. The van der Waals surface area contributed by atoms with Gasteiger partial charge in [-0.25, -0.2) is 0 Å². The summed E-state index contributed by atoms with van der Waals surface area (Å²) < 4.78 is 17.9. The Morgan fingerprint density at radius 3 is 2.81 bits per heavy atom. The van der Waals surface area contributed by atoms with Gasteiger partial charge in [0.2, 0.25) is 12.5 Å². The van der Waals surface area contributed by atoms with Crippen LogP contribution in [-0.4, -0.2) is 44.8 Å². The Balaban J connectivity index is 1.69. The number of quaternary nitrogens is 1. The van der Waals surface area contributed by atoms with Gasteiger partial charge in [0, 0.05) is 12.3 Å². The molecular formula is C22H30NO4+. The van der Waals surface area contributed by atoms with E-state index >= 15 is 0 Å². The van der Waals surface area contributed by atoms with Gasteiger partial charge in [0.05, 0.1) is 39.7 Å². The van der Waals surface area contributed by atoms with Gasteiger partial charge < -0.3 is 18.7 Å². The summed E-state index contributed by atoms with van der Waals surface area (Å²) in [5, 5.41) is 0. The van der Waals surface area contributed by atoms with E-state index in [0.29, 0.717) is 18.0 Å². The fourth-order valence-electron chi connectivity index (χ4n) is 4.73. The lowest BCUT2D eigenvalue weighted by molar-refractivity contribution is -0.922. The van der Waals surface area contributed by atoms with E-state index in [-0.39, 0.29) is 18.8 Å². The van der Waals surface area contributed by atoms with E-state index in [4.69, 9.17) is 14.2 Å². The molecule has 1 aromatic rings. The van der Waals surface area contributed by atoms with Crippen LogP contribution in [0.3, 0.4) is 0 Å². The molecule has 146 valence electrons. The predicted molar refractivity (Wildman–Crippen MR) is 103 cm³/mol. The lowest BCUT2D eigenvalue weighted by atomic mass is 9.81. The Morgan fingerprint density at radius 1 is 1.30 bits per heavy atom. The van der Waals surface area contributed by atoms with Crippen LogP contribution in [-0.2, 0) is 11.2 Å². The molecule has 0 N–H and O–H groups in total. The molecule has 2 heterocycles. The average molecular weight is 372 g/mol. The number of rotatable bonds is 4. The van der Waals surface area contributed by atoms with Gasteiger partial charge in [-0.05, 0) is 37.8 Å². The highest BCUT2D eigenvalue weighted by atomic mass is 16.7. The number of methoxy groups -OCH3 is 1.